The molecule has 0 saturated carbocycles. The Balaban J connectivity index is 1.77. The molecule has 3 rings (SSSR count). The molecule has 3 aromatic rings. The summed E-state index contributed by atoms with van der Waals surface area (Å²) < 4.78 is 12.0. The van der Waals surface area contributed by atoms with E-state index in [-0.39, 0.29) is 0 Å². The average molecular weight is 296 g/mol. The Hall–Kier alpha value is -3.22. The number of rotatable bonds is 4. The van der Waals surface area contributed by atoms with Crippen molar-refractivity contribution < 1.29 is 14.3 Å². The van der Waals surface area contributed by atoms with E-state index in [1.807, 2.05) is 0 Å². The van der Waals surface area contributed by atoms with Crippen molar-refractivity contribution in [3.63, 3.8) is 0 Å². The van der Waals surface area contributed by atoms with Crippen molar-refractivity contribution in [1.29, 1.82) is 0 Å². The van der Waals surface area contributed by atoms with Crippen LogP contribution in [0.25, 0.3) is 5.69 Å². The third-order valence-electron chi connectivity index (χ3n) is 2.99. The number of benzene rings is 2. The zero-order valence-electron chi connectivity index (χ0n) is 11.7. The molecule has 110 valence electrons. The summed E-state index contributed by atoms with van der Waals surface area (Å²) in [5.41, 5.74) is 1.14. The lowest BCUT2D eigenvalue weighted by atomic mass is 10.2. The molecule has 2 aromatic carbocycles. The predicted molar refractivity (Wildman–Crippen MR) is 77.1 cm³/mol. The molecule has 1 aromatic heterocycles. The van der Waals surface area contributed by atoms with E-state index >= 15 is 0 Å². The number of esters is 1. The zero-order chi connectivity index (χ0) is 15.4. The molecule has 1 heterocycles. The Morgan fingerprint density at radius 3 is 2.55 bits per heavy atom. The number of para-hydroxylation sites is 1. The summed E-state index contributed by atoms with van der Waals surface area (Å²) in [5.74, 6) is 0.415. The fraction of sp³-hybridized carbons (Fsp3) is 0.0667. The van der Waals surface area contributed by atoms with Gasteiger partial charge in [-0.05, 0) is 46.8 Å². The van der Waals surface area contributed by atoms with Crippen molar-refractivity contribution in [2.75, 3.05) is 7.11 Å². The van der Waals surface area contributed by atoms with Gasteiger partial charge >= 0.3 is 5.97 Å². The molecule has 0 spiro atoms. The first-order valence-corrected chi connectivity index (χ1v) is 6.46. The maximum absolute atomic E-state index is 12.2. The number of carbonyl (C=O) groups excluding carboxylic acids is 1. The second kappa shape index (κ2) is 6.04. The SMILES string of the molecule is COc1ccccc1C(=O)Oc1ccc(-n2cnnn2)cc1. The summed E-state index contributed by atoms with van der Waals surface area (Å²) >= 11 is 0. The van der Waals surface area contributed by atoms with Gasteiger partial charge < -0.3 is 9.47 Å². The van der Waals surface area contributed by atoms with Crippen LogP contribution in [0.2, 0.25) is 0 Å². The Labute approximate surface area is 126 Å². The van der Waals surface area contributed by atoms with E-state index < -0.39 is 5.97 Å². The summed E-state index contributed by atoms with van der Waals surface area (Å²) in [5, 5.41) is 10.9. The van der Waals surface area contributed by atoms with Gasteiger partial charge in [-0.1, -0.05) is 12.1 Å². The lowest BCUT2D eigenvalue weighted by Crippen LogP contribution is -2.10. The number of nitrogens with zero attached hydrogens (tertiary/aromatic N) is 4. The average Bonchev–Trinajstić information content (AvgIpc) is 3.10. The van der Waals surface area contributed by atoms with Crippen LogP contribution in [-0.2, 0) is 0 Å². The van der Waals surface area contributed by atoms with Crippen LogP contribution >= 0.6 is 0 Å². The molecular weight excluding hydrogens is 284 g/mol. The molecular formula is C15H12N4O3. The molecule has 0 saturated heterocycles. The van der Waals surface area contributed by atoms with Gasteiger partial charge in [0.2, 0.25) is 0 Å². The molecule has 0 aliphatic heterocycles. The minimum atomic E-state index is -0.479. The van der Waals surface area contributed by atoms with E-state index in [0.29, 0.717) is 17.1 Å². The van der Waals surface area contributed by atoms with Crippen molar-refractivity contribution in [1.82, 2.24) is 20.2 Å². The molecule has 0 aliphatic carbocycles. The van der Waals surface area contributed by atoms with Gasteiger partial charge in [0.15, 0.2) is 0 Å². The fourth-order valence-electron chi connectivity index (χ4n) is 1.92. The van der Waals surface area contributed by atoms with Gasteiger partial charge in [0.05, 0.1) is 12.8 Å². The number of ether oxygens (including phenoxy) is 2. The highest BCUT2D eigenvalue weighted by Gasteiger charge is 2.13. The molecule has 0 amide bonds. The smallest absolute Gasteiger partial charge is 0.347 e. The number of aromatic nitrogens is 4. The number of hydrogen-bond acceptors (Lipinski definition) is 6. The molecule has 0 radical (unpaired) electrons. The Kier molecular flexibility index (Phi) is 3.78. The van der Waals surface area contributed by atoms with E-state index in [2.05, 4.69) is 15.5 Å². The van der Waals surface area contributed by atoms with Crippen molar-refractivity contribution in [3.05, 3.63) is 60.4 Å². The molecule has 7 nitrogen and oxygen atoms in total. The second-order valence-electron chi connectivity index (χ2n) is 4.34. The quantitative estimate of drug-likeness (QED) is 0.540. The van der Waals surface area contributed by atoms with E-state index in [4.69, 9.17) is 9.47 Å². The van der Waals surface area contributed by atoms with Crippen LogP contribution < -0.4 is 9.47 Å². The Morgan fingerprint density at radius 2 is 1.86 bits per heavy atom. The highest BCUT2D eigenvalue weighted by atomic mass is 16.5. The maximum Gasteiger partial charge on any atom is 0.347 e. The predicted octanol–water partition coefficient (Wildman–Crippen LogP) is 1.89. The van der Waals surface area contributed by atoms with Crippen LogP contribution in [0.1, 0.15) is 10.4 Å². The molecule has 0 unspecified atom stereocenters. The van der Waals surface area contributed by atoms with E-state index in [0.717, 1.165) is 5.69 Å². The van der Waals surface area contributed by atoms with Crippen LogP contribution in [-0.4, -0.2) is 33.3 Å². The van der Waals surface area contributed by atoms with E-state index in [9.17, 15) is 4.79 Å². The first-order valence-electron chi connectivity index (χ1n) is 6.46. The van der Waals surface area contributed by atoms with Gasteiger partial charge in [0.25, 0.3) is 0 Å². The van der Waals surface area contributed by atoms with Crippen LogP contribution in [0.5, 0.6) is 11.5 Å². The lowest BCUT2D eigenvalue weighted by Gasteiger charge is -2.08. The Bertz CT molecular complexity index is 770. The van der Waals surface area contributed by atoms with E-state index in [1.165, 1.54) is 18.1 Å². The number of methoxy groups -OCH3 is 1. The van der Waals surface area contributed by atoms with Crippen LogP contribution in [0.4, 0.5) is 0 Å². The molecule has 7 heteroatoms. The van der Waals surface area contributed by atoms with E-state index in [1.54, 1.807) is 48.5 Å². The van der Waals surface area contributed by atoms with Crippen LogP contribution in [0.15, 0.2) is 54.9 Å². The fourth-order valence-corrected chi connectivity index (χ4v) is 1.92. The van der Waals surface area contributed by atoms with Crippen molar-refractivity contribution in [2.45, 2.75) is 0 Å². The summed E-state index contributed by atoms with van der Waals surface area (Å²) in [6.45, 7) is 0. The standard InChI is InChI=1S/C15H12N4O3/c1-21-14-5-3-2-4-13(14)15(20)22-12-8-6-11(7-9-12)19-10-16-17-18-19/h2-10H,1H3. The highest BCUT2D eigenvalue weighted by Crippen LogP contribution is 2.21. The lowest BCUT2D eigenvalue weighted by molar-refractivity contribution is 0.0731. The van der Waals surface area contributed by atoms with Gasteiger partial charge in [-0.3, -0.25) is 0 Å². The largest absolute Gasteiger partial charge is 0.496 e. The van der Waals surface area contributed by atoms with Crippen molar-refractivity contribution >= 4 is 5.97 Å². The topological polar surface area (TPSA) is 79.1 Å². The van der Waals surface area contributed by atoms with Gasteiger partial charge in [-0.2, -0.15) is 0 Å². The summed E-state index contributed by atoms with van der Waals surface area (Å²) in [6, 6.07) is 13.7. The summed E-state index contributed by atoms with van der Waals surface area (Å²) in [7, 11) is 1.51. The normalized spacial score (nSPS) is 10.2. The second-order valence-corrected chi connectivity index (χ2v) is 4.34. The molecule has 0 atom stereocenters. The number of tetrazole rings is 1. The third kappa shape index (κ3) is 2.78. The molecule has 0 aliphatic rings. The van der Waals surface area contributed by atoms with Gasteiger partial charge in [0.1, 0.15) is 23.4 Å². The highest BCUT2D eigenvalue weighted by molar-refractivity contribution is 5.93. The Morgan fingerprint density at radius 1 is 1.09 bits per heavy atom. The van der Waals surface area contributed by atoms with Crippen LogP contribution in [0, 0.1) is 0 Å². The van der Waals surface area contributed by atoms with Crippen molar-refractivity contribution in [2.24, 2.45) is 0 Å². The monoisotopic (exact) mass is 296 g/mol. The maximum atomic E-state index is 12.2. The first kappa shape index (κ1) is 13.7. The number of hydrogen-bond donors (Lipinski definition) is 0. The minimum Gasteiger partial charge on any atom is -0.496 e. The third-order valence-corrected chi connectivity index (χ3v) is 2.99. The summed E-state index contributed by atoms with van der Waals surface area (Å²) in [6.07, 6.45) is 1.48. The summed E-state index contributed by atoms with van der Waals surface area (Å²) in [4.78, 5) is 12.2. The first-order chi connectivity index (χ1) is 10.8. The molecule has 0 bridgehead atoms. The van der Waals surface area contributed by atoms with Crippen LogP contribution in [0.3, 0.4) is 0 Å². The molecule has 0 N–H and O–H groups in total. The minimum absolute atomic E-state index is 0.370. The molecule has 22 heavy (non-hydrogen) atoms. The molecule has 0 fully saturated rings. The van der Waals surface area contributed by atoms with Gasteiger partial charge in [-0.25, -0.2) is 9.48 Å². The van der Waals surface area contributed by atoms with Crippen molar-refractivity contribution in [3.8, 4) is 17.2 Å². The zero-order valence-corrected chi connectivity index (χ0v) is 11.7. The van der Waals surface area contributed by atoms with Gasteiger partial charge in [0, 0.05) is 0 Å². The number of carbonyl (C=O) groups is 1. The van der Waals surface area contributed by atoms with Gasteiger partial charge in [-0.15, -0.1) is 5.10 Å².